The lowest BCUT2D eigenvalue weighted by Gasteiger charge is -1.96. The van der Waals surface area contributed by atoms with Gasteiger partial charge in [0.05, 0.1) is 7.11 Å². The van der Waals surface area contributed by atoms with E-state index >= 15 is 0 Å². The molecule has 3 N–H and O–H groups in total. The van der Waals surface area contributed by atoms with Crippen LogP contribution in [0.1, 0.15) is 6.42 Å². The molecule has 0 heterocycles. The molecule has 0 saturated heterocycles. The van der Waals surface area contributed by atoms with Crippen molar-refractivity contribution in [2.75, 3.05) is 20.2 Å². The average molecular weight is 158 g/mol. The molecule has 4 heteroatoms. The third-order valence-corrected chi connectivity index (χ3v) is 1.06. The Hall–Kier alpha value is -1.03. The number of carbonyl (C=O) groups excluding carboxylic acids is 1. The van der Waals surface area contributed by atoms with Gasteiger partial charge in [0, 0.05) is 18.8 Å². The van der Waals surface area contributed by atoms with Crippen molar-refractivity contribution in [3.8, 4) is 0 Å². The Labute approximate surface area is 66.4 Å². The van der Waals surface area contributed by atoms with Gasteiger partial charge in [0.15, 0.2) is 0 Å². The lowest BCUT2D eigenvalue weighted by Crippen LogP contribution is -2.12. The number of ether oxygens (including phenoxy) is 1. The lowest BCUT2D eigenvalue weighted by molar-refractivity contribution is -0.134. The molecule has 4 nitrogen and oxygen atoms in total. The molecule has 0 aliphatic carbocycles. The smallest absolute Gasteiger partial charge is 0.331 e. The van der Waals surface area contributed by atoms with E-state index < -0.39 is 0 Å². The predicted molar refractivity (Wildman–Crippen MR) is 42.8 cm³/mol. The number of rotatable bonds is 5. The third kappa shape index (κ3) is 6.86. The second-order valence-corrected chi connectivity index (χ2v) is 1.95. The molecule has 0 rings (SSSR count). The van der Waals surface area contributed by atoms with Crippen LogP contribution in [0.4, 0.5) is 0 Å². The highest BCUT2D eigenvalue weighted by Crippen LogP contribution is 1.75. The van der Waals surface area contributed by atoms with Crippen molar-refractivity contribution in [1.82, 2.24) is 5.32 Å². The number of esters is 1. The lowest BCUT2D eigenvalue weighted by atomic mass is 10.4. The van der Waals surface area contributed by atoms with Crippen LogP contribution in [0.2, 0.25) is 0 Å². The molecule has 0 unspecified atom stereocenters. The maximum Gasteiger partial charge on any atom is 0.331 e. The summed E-state index contributed by atoms with van der Waals surface area (Å²) in [5.74, 6) is -0.356. The number of hydrogen-bond acceptors (Lipinski definition) is 4. The molecule has 0 aromatic rings. The Kier molecular flexibility index (Phi) is 6.42. The first-order chi connectivity index (χ1) is 5.31. The van der Waals surface area contributed by atoms with E-state index in [0.29, 0.717) is 6.54 Å². The highest BCUT2D eigenvalue weighted by Gasteiger charge is 1.87. The van der Waals surface area contributed by atoms with Crippen LogP contribution in [0.3, 0.4) is 0 Å². The van der Waals surface area contributed by atoms with Crippen molar-refractivity contribution in [3.63, 3.8) is 0 Å². The minimum absolute atomic E-state index is 0.356. The van der Waals surface area contributed by atoms with Crippen molar-refractivity contribution in [2.45, 2.75) is 6.42 Å². The van der Waals surface area contributed by atoms with Gasteiger partial charge in [0.25, 0.3) is 0 Å². The summed E-state index contributed by atoms with van der Waals surface area (Å²) in [5, 5.41) is 2.89. The van der Waals surface area contributed by atoms with E-state index in [1.807, 2.05) is 0 Å². The molecular formula is C7H14N2O2. The molecule has 0 aromatic heterocycles. The van der Waals surface area contributed by atoms with Crippen molar-refractivity contribution < 1.29 is 9.53 Å². The van der Waals surface area contributed by atoms with E-state index in [0.717, 1.165) is 13.0 Å². The second-order valence-electron chi connectivity index (χ2n) is 1.95. The largest absolute Gasteiger partial charge is 0.466 e. The molecule has 0 aliphatic heterocycles. The Morgan fingerprint density at radius 3 is 3.00 bits per heavy atom. The first kappa shape index (κ1) is 9.97. The van der Waals surface area contributed by atoms with Crippen LogP contribution in [-0.4, -0.2) is 26.2 Å². The van der Waals surface area contributed by atoms with Gasteiger partial charge in [-0.2, -0.15) is 0 Å². The fourth-order valence-corrected chi connectivity index (χ4v) is 0.482. The predicted octanol–water partition coefficient (Wildman–Crippen LogP) is -0.388. The van der Waals surface area contributed by atoms with Crippen molar-refractivity contribution >= 4 is 5.97 Å². The van der Waals surface area contributed by atoms with Gasteiger partial charge in [-0.05, 0) is 13.0 Å². The molecule has 11 heavy (non-hydrogen) atoms. The van der Waals surface area contributed by atoms with Gasteiger partial charge in [0.1, 0.15) is 0 Å². The number of carbonyl (C=O) groups is 1. The summed E-state index contributed by atoms with van der Waals surface area (Å²) in [6, 6.07) is 0. The van der Waals surface area contributed by atoms with Crippen LogP contribution in [0, 0.1) is 0 Å². The van der Waals surface area contributed by atoms with E-state index in [-0.39, 0.29) is 5.97 Å². The average Bonchev–Trinajstić information content (AvgIpc) is 2.04. The van der Waals surface area contributed by atoms with E-state index in [9.17, 15) is 4.79 Å². The summed E-state index contributed by atoms with van der Waals surface area (Å²) in [4.78, 5) is 10.5. The highest BCUT2D eigenvalue weighted by atomic mass is 16.5. The fourth-order valence-electron chi connectivity index (χ4n) is 0.482. The summed E-state index contributed by atoms with van der Waals surface area (Å²) in [6.45, 7) is 1.43. The first-order valence-electron chi connectivity index (χ1n) is 3.49. The van der Waals surface area contributed by atoms with Crippen LogP contribution in [-0.2, 0) is 9.53 Å². The summed E-state index contributed by atoms with van der Waals surface area (Å²) < 4.78 is 4.37. The Morgan fingerprint density at radius 1 is 1.73 bits per heavy atom. The fraction of sp³-hybridized carbons (Fsp3) is 0.571. The number of nitrogens with one attached hydrogen (secondary N) is 1. The summed E-state index contributed by atoms with van der Waals surface area (Å²) in [5.41, 5.74) is 5.24. The molecule has 0 fully saturated rings. The molecule has 0 saturated carbocycles. The molecule has 0 amide bonds. The van der Waals surface area contributed by atoms with Crippen LogP contribution in [0.5, 0.6) is 0 Å². The number of methoxy groups -OCH3 is 1. The van der Waals surface area contributed by atoms with Crippen molar-refractivity contribution in [3.05, 3.63) is 12.3 Å². The van der Waals surface area contributed by atoms with E-state index in [4.69, 9.17) is 5.73 Å². The van der Waals surface area contributed by atoms with Crippen LogP contribution in [0.15, 0.2) is 12.3 Å². The van der Waals surface area contributed by atoms with Gasteiger partial charge in [0.2, 0.25) is 0 Å². The molecule has 0 aromatic carbocycles. The topological polar surface area (TPSA) is 64.3 Å². The monoisotopic (exact) mass is 158 g/mol. The minimum atomic E-state index is -0.356. The van der Waals surface area contributed by atoms with E-state index in [1.165, 1.54) is 13.2 Å². The van der Waals surface area contributed by atoms with Gasteiger partial charge in [-0.25, -0.2) is 4.79 Å². The highest BCUT2D eigenvalue weighted by molar-refractivity contribution is 5.81. The number of nitrogens with two attached hydrogens (primary N) is 1. The number of hydrogen-bond donors (Lipinski definition) is 2. The minimum Gasteiger partial charge on any atom is -0.466 e. The Morgan fingerprint density at radius 2 is 2.45 bits per heavy atom. The van der Waals surface area contributed by atoms with Gasteiger partial charge in [-0.3, -0.25) is 0 Å². The molecule has 0 aliphatic rings. The maximum absolute atomic E-state index is 10.5. The van der Waals surface area contributed by atoms with Crippen molar-refractivity contribution in [1.29, 1.82) is 0 Å². The zero-order valence-corrected chi connectivity index (χ0v) is 6.67. The standard InChI is InChI=1S/C7H14N2O2/c1-11-7(10)3-6-9-5-2-4-8/h3,6,9H,2,4-5,8H2,1H3/b6-3+. The van der Waals surface area contributed by atoms with Crippen LogP contribution in [0.25, 0.3) is 0 Å². The van der Waals surface area contributed by atoms with Gasteiger partial charge in [-0.15, -0.1) is 0 Å². The van der Waals surface area contributed by atoms with Gasteiger partial charge >= 0.3 is 5.97 Å². The van der Waals surface area contributed by atoms with Gasteiger partial charge in [-0.1, -0.05) is 0 Å². The second kappa shape index (κ2) is 7.08. The summed E-state index contributed by atoms with van der Waals surface area (Å²) in [6.07, 6.45) is 3.78. The molecule has 64 valence electrons. The third-order valence-electron chi connectivity index (χ3n) is 1.06. The molecule has 0 spiro atoms. The quantitative estimate of drug-likeness (QED) is 0.325. The zero-order valence-electron chi connectivity index (χ0n) is 6.67. The van der Waals surface area contributed by atoms with E-state index in [2.05, 4.69) is 10.1 Å². The SMILES string of the molecule is COC(=O)/C=C/NCCCN. The first-order valence-corrected chi connectivity index (χ1v) is 3.49. The molecular weight excluding hydrogens is 144 g/mol. The zero-order chi connectivity index (χ0) is 8.53. The van der Waals surface area contributed by atoms with Crippen LogP contribution >= 0.6 is 0 Å². The maximum atomic E-state index is 10.5. The Bertz CT molecular complexity index is 134. The summed E-state index contributed by atoms with van der Waals surface area (Å²) in [7, 11) is 1.34. The normalized spacial score (nSPS) is 10.0. The van der Waals surface area contributed by atoms with Crippen molar-refractivity contribution in [2.24, 2.45) is 5.73 Å². The molecule has 0 radical (unpaired) electrons. The summed E-state index contributed by atoms with van der Waals surface area (Å²) >= 11 is 0. The van der Waals surface area contributed by atoms with Crippen LogP contribution < -0.4 is 11.1 Å². The molecule has 0 atom stereocenters. The molecule has 0 bridgehead atoms. The van der Waals surface area contributed by atoms with Gasteiger partial charge < -0.3 is 15.8 Å². The Balaban J connectivity index is 3.22. The van der Waals surface area contributed by atoms with E-state index in [1.54, 1.807) is 6.20 Å².